The van der Waals surface area contributed by atoms with Crippen LogP contribution in [0.5, 0.6) is 0 Å². The van der Waals surface area contributed by atoms with Crippen LogP contribution in [0.4, 0.5) is 9.93 Å². The van der Waals surface area contributed by atoms with Crippen LogP contribution in [-0.2, 0) is 16.1 Å². The number of urea groups is 1. The number of carboxylic acids is 1. The third-order valence-electron chi connectivity index (χ3n) is 4.56. The molecule has 2 fully saturated rings. The average molecular weight is 368 g/mol. The number of amides is 2. The summed E-state index contributed by atoms with van der Waals surface area (Å²) >= 11 is 1.36. The second-order valence-electron chi connectivity index (χ2n) is 6.76. The fourth-order valence-electron chi connectivity index (χ4n) is 3.05. The summed E-state index contributed by atoms with van der Waals surface area (Å²) < 4.78 is 5.00. The maximum atomic E-state index is 12.0. The van der Waals surface area contributed by atoms with E-state index in [2.05, 4.69) is 15.6 Å². The maximum Gasteiger partial charge on any atom is 0.321 e. The molecule has 3 N–H and O–H groups in total. The van der Waals surface area contributed by atoms with Gasteiger partial charge < -0.3 is 15.2 Å². The molecule has 1 aromatic rings. The number of ether oxygens (including phenoxy) is 1. The molecule has 8 nitrogen and oxygen atoms in total. The van der Waals surface area contributed by atoms with Crippen molar-refractivity contribution in [3.05, 3.63) is 11.1 Å². The topological polar surface area (TPSA) is 104 Å². The third kappa shape index (κ3) is 5.38. The van der Waals surface area contributed by atoms with E-state index in [0.29, 0.717) is 17.7 Å². The molecule has 0 radical (unpaired) electrons. The number of thiazole rings is 1. The van der Waals surface area contributed by atoms with Crippen molar-refractivity contribution < 1.29 is 19.4 Å². The van der Waals surface area contributed by atoms with Gasteiger partial charge in [0.2, 0.25) is 0 Å². The molecule has 9 heteroatoms. The lowest BCUT2D eigenvalue weighted by Crippen LogP contribution is -2.55. The fourth-order valence-corrected chi connectivity index (χ4v) is 3.74. The van der Waals surface area contributed by atoms with Crippen molar-refractivity contribution in [3.63, 3.8) is 0 Å². The molecule has 0 aliphatic heterocycles. The number of hydrogen-bond donors (Lipinski definition) is 3. The number of anilines is 1. The van der Waals surface area contributed by atoms with Crippen molar-refractivity contribution in [2.45, 2.75) is 44.4 Å². The largest absolute Gasteiger partial charge is 0.480 e. The molecule has 138 valence electrons. The molecule has 25 heavy (non-hydrogen) atoms. The molecule has 0 atom stereocenters. The summed E-state index contributed by atoms with van der Waals surface area (Å²) in [4.78, 5) is 29.4. The van der Waals surface area contributed by atoms with Crippen LogP contribution in [0.1, 0.15) is 31.4 Å². The van der Waals surface area contributed by atoms with Gasteiger partial charge in [-0.25, -0.2) is 9.78 Å². The van der Waals surface area contributed by atoms with Crippen LogP contribution in [0, 0.1) is 5.92 Å². The van der Waals surface area contributed by atoms with E-state index in [1.54, 1.807) is 7.11 Å². The molecule has 0 saturated heterocycles. The minimum absolute atomic E-state index is 0.0823. The number of nitrogens with zero attached hydrogens (tertiary/aromatic N) is 2. The van der Waals surface area contributed by atoms with Crippen molar-refractivity contribution in [3.8, 4) is 0 Å². The number of rotatable bonds is 9. The van der Waals surface area contributed by atoms with E-state index in [9.17, 15) is 9.59 Å². The molecular weight excluding hydrogens is 344 g/mol. The van der Waals surface area contributed by atoms with Gasteiger partial charge in [-0.05, 0) is 31.6 Å². The third-order valence-corrected chi connectivity index (χ3v) is 5.36. The van der Waals surface area contributed by atoms with Crippen LogP contribution < -0.4 is 10.6 Å². The molecule has 0 bridgehead atoms. The van der Waals surface area contributed by atoms with Crippen LogP contribution >= 0.6 is 11.3 Å². The Balaban J connectivity index is 1.40. The zero-order chi connectivity index (χ0) is 17.8. The van der Waals surface area contributed by atoms with Crippen molar-refractivity contribution in [1.29, 1.82) is 0 Å². The van der Waals surface area contributed by atoms with Gasteiger partial charge in [-0.3, -0.25) is 15.0 Å². The number of carbonyl (C=O) groups excluding carboxylic acids is 1. The highest BCUT2D eigenvalue weighted by molar-refractivity contribution is 7.13. The second kappa shape index (κ2) is 8.11. The van der Waals surface area contributed by atoms with E-state index in [1.807, 2.05) is 10.3 Å². The molecule has 1 heterocycles. The second-order valence-corrected chi connectivity index (χ2v) is 7.62. The molecule has 2 saturated carbocycles. The minimum Gasteiger partial charge on any atom is -0.480 e. The molecule has 3 rings (SSSR count). The van der Waals surface area contributed by atoms with E-state index >= 15 is 0 Å². The number of nitrogens with one attached hydrogen (secondary N) is 2. The van der Waals surface area contributed by atoms with Crippen molar-refractivity contribution >= 4 is 28.5 Å². The summed E-state index contributed by atoms with van der Waals surface area (Å²) in [6.45, 7) is 1.36. The molecule has 2 aliphatic rings. The zero-order valence-corrected chi connectivity index (χ0v) is 15.1. The smallest absolute Gasteiger partial charge is 0.321 e. The van der Waals surface area contributed by atoms with E-state index < -0.39 is 5.97 Å². The summed E-state index contributed by atoms with van der Waals surface area (Å²) in [6.07, 6.45) is 3.98. The number of carbonyl (C=O) groups is 2. The number of carboxylic acid groups (broad SMARTS) is 1. The van der Waals surface area contributed by atoms with Crippen LogP contribution in [0.25, 0.3) is 0 Å². The Morgan fingerprint density at radius 2 is 2.20 bits per heavy atom. The Morgan fingerprint density at radius 1 is 1.44 bits per heavy atom. The first-order valence-electron chi connectivity index (χ1n) is 8.50. The van der Waals surface area contributed by atoms with Crippen LogP contribution in [-0.4, -0.2) is 59.3 Å². The van der Waals surface area contributed by atoms with Gasteiger partial charge >= 0.3 is 12.0 Å². The van der Waals surface area contributed by atoms with E-state index in [1.165, 1.54) is 24.2 Å². The van der Waals surface area contributed by atoms with Gasteiger partial charge in [-0.15, -0.1) is 11.3 Å². The molecule has 0 aromatic carbocycles. The highest BCUT2D eigenvalue weighted by atomic mass is 32.1. The zero-order valence-electron chi connectivity index (χ0n) is 14.2. The molecule has 2 aliphatic carbocycles. The molecule has 1 aromatic heterocycles. The highest BCUT2D eigenvalue weighted by Crippen LogP contribution is 2.33. The first-order chi connectivity index (χ1) is 12.0. The van der Waals surface area contributed by atoms with Crippen molar-refractivity contribution in [1.82, 2.24) is 15.2 Å². The average Bonchev–Trinajstić information content (AvgIpc) is 3.21. The van der Waals surface area contributed by atoms with Gasteiger partial charge in [-0.1, -0.05) is 0 Å². The number of aliphatic carboxylic acids is 1. The Kier molecular flexibility index (Phi) is 5.87. The van der Waals surface area contributed by atoms with Crippen LogP contribution in [0.2, 0.25) is 0 Å². The Bertz CT molecular complexity index is 613. The first-order valence-corrected chi connectivity index (χ1v) is 9.38. The molecule has 0 unspecified atom stereocenters. The van der Waals surface area contributed by atoms with Gasteiger partial charge in [0.05, 0.1) is 18.8 Å². The van der Waals surface area contributed by atoms with Crippen molar-refractivity contribution in [2.24, 2.45) is 5.92 Å². The minimum atomic E-state index is -0.787. The molecule has 0 spiro atoms. The van der Waals surface area contributed by atoms with Gasteiger partial charge in [-0.2, -0.15) is 0 Å². The number of aromatic nitrogens is 1. The quantitative estimate of drug-likeness (QED) is 0.613. The summed E-state index contributed by atoms with van der Waals surface area (Å²) in [5, 5.41) is 17.1. The molecular formula is C16H24N4O4S. The lowest BCUT2D eigenvalue weighted by atomic mass is 9.85. The summed E-state index contributed by atoms with van der Waals surface area (Å²) in [7, 11) is 1.60. The van der Waals surface area contributed by atoms with Crippen molar-refractivity contribution in [2.75, 3.05) is 25.5 Å². The lowest BCUT2D eigenvalue weighted by molar-refractivity contribution is -0.139. The van der Waals surface area contributed by atoms with E-state index in [-0.39, 0.29) is 24.7 Å². The Morgan fingerprint density at radius 3 is 2.84 bits per heavy atom. The SMILES string of the molecule is COCc1csc(NC(=O)NC2CC(N(CC(=O)O)CC3CC3)C2)n1. The Hall–Kier alpha value is -1.71. The number of hydrogen-bond acceptors (Lipinski definition) is 6. The fraction of sp³-hybridized carbons (Fsp3) is 0.688. The van der Waals surface area contributed by atoms with E-state index in [4.69, 9.17) is 9.84 Å². The monoisotopic (exact) mass is 368 g/mol. The number of methoxy groups -OCH3 is 1. The van der Waals surface area contributed by atoms with Gasteiger partial charge in [0.25, 0.3) is 0 Å². The first kappa shape index (κ1) is 18.1. The van der Waals surface area contributed by atoms with Gasteiger partial charge in [0.15, 0.2) is 5.13 Å². The summed E-state index contributed by atoms with van der Waals surface area (Å²) in [5.74, 6) is -0.133. The van der Waals surface area contributed by atoms with Crippen LogP contribution in [0.3, 0.4) is 0 Å². The Labute approximate surface area is 150 Å². The highest BCUT2D eigenvalue weighted by Gasteiger charge is 2.37. The van der Waals surface area contributed by atoms with Gasteiger partial charge in [0, 0.05) is 31.1 Å². The normalized spacial score (nSPS) is 22.5. The molecule has 2 amide bonds. The van der Waals surface area contributed by atoms with Crippen LogP contribution in [0.15, 0.2) is 5.38 Å². The maximum absolute atomic E-state index is 12.0. The van der Waals surface area contributed by atoms with Gasteiger partial charge in [0.1, 0.15) is 0 Å². The standard InChI is InChI=1S/C16H24N4O4S/c1-24-8-12-9-25-16(18-12)19-15(23)17-11-4-13(5-11)20(7-14(21)22)6-10-2-3-10/h9-11,13H,2-8H2,1H3,(H,21,22)(H2,17,18,19,23). The summed E-state index contributed by atoms with van der Waals surface area (Å²) in [6, 6.07) is 0.0582. The summed E-state index contributed by atoms with van der Waals surface area (Å²) in [5.41, 5.74) is 0.788. The lowest BCUT2D eigenvalue weighted by Gasteiger charge is -2.42. The predicted octanol–water partition coefficient (Wildman–Crippen LogP) is 1.74. The predicted molar refractivity (Wildman–Crippen MR) is 93.7 cm³/mol. The van der Waals surface area contributed by atoms with E-state index in [0.717, 1.165) is 25.1 Å².